The number of halogens is 1. The highest BCUT2D eigenvalue weighted by Gasteiger charge is 2.33. The molecule has 0 aliphatic carbocycles. The van der Waals surface area contributed by atoms with Gasteiger partial charge in [-0.2, -0.15) is 4.31 Å². The summed E-state index contributed by atoms with van der Waals surface area (Å²) in [4.78, 5) is 29.4. The molecule has 1 saturated heterocycles. The Morgan fingerprint density at radius 2 is 1.84 bits per heavy atom. The van der Waals surface area contributed by atoms with Gasteiger partial charge in [0.25, 0.3) is 11.6 Å². The van der Waals surface area contributed by atoms with E-state index in [0.717, 1.165) is 17.0 Å². The maximum Gasteiger partial charge on any atom is 0.283 e. The summed E-state index contributed by atoms with van der Waals surface area (Å²) in [7, 11) is -3.84. The number of amides is 1. The van der Waals surface area contributed by atoms with Crippen LogP contribution in [0, 0.1) is 17.0 Å². The first-order valence-electron chi connectivity index (χ1n) is 9.77. The number of sulfonamides is 1. The smallest absolute Gasteiger partial charge is 0.283 e. The Morgan fingerprint density at radius 3 is 2.53 bits per heavy atom. The number of aromatic nitrogens is 1. The average molecular weight is 475 g/mol. The van der Waals surface area contributed by atoms with Crippen molar-refractivity contribution in [1.82, 2.24) is 14.2 Å². The van der Waals surface area contributed by atoms with Gasteiger partial charge in [0.2, 0.25) is 10.0 Å². The number of carbonyl (C=O) groups excluding carboxylic acids is 1. The Hall–Kier alpha value is -3.08. The molecule has 0 spiro atoms. The van der Waals surface area contributed by atoms with E-state index in [-0.39, 0.29) is 47.3 Å². The molecule has 3 aromatic rings. The lowest BCUT2D eigenvalue weighted by molar-refractivity contribution is -0.385. The van der Waals surface area contributed by atoms with E-state index in [1.54, 1.807) is 12.3 Å². The number of nitro groups is 1. The zero-order valence-electron chi connectivity index (χ0n) is 17.1. The first-order valence-corrected chi connectivity index (χ1v) is 11.6. The summed E-state index contributed by atoms with van der Waals surface area (Å²) in [6, 6.07) is 10.7. The normalized spacial score (nSPS) is 15.1. The molecule has 2 aromatic carbocycles. The Bertz CT molecular complexity index is 1340. The number of nitrogens with zero attached hydrogens (tertiary/aromatic N) is 4. The molecule has 0 unspecified atom stereocenters. The highest BCUT2D eigenvalue weighted by molar-refractivity contribution is 7.89. The maximum atomic E-state index is 13.3. The van der Waals surface area contributed by atoms with Crippen molar-refractivity contribution in [2.24, 2.45) is 0 Å². The van der Waals surface area contributed by atoms with E-state index < -0.39 is 20.9 Å². The van der Waals surface area contributed by atoms with Crippen LogP contribution in [0.5, 0.6) is 0 Å². The van der Waals surface area contributed by atoms with Crippen LogP contribution in [0.1, 0.15) is 15.9 Å². The fourth-order valence-electron chi connectivity index (χ4n) is 3.73. The van der Waals surface area contributed by atoms with Crippen LogP contribution in [0.25, 0.3) is 10.9 Å². The molecule has 0 N–H and O–H groups in total. The third-order valence-corrected chi connectivity index (χ3v) is 7.51. The summed E-state index contributed by atoms with van der Waals surface area (Å²) in [5.74, 6) is -0.535. The number of carbonyl (C=O) groups is 1. The second kappa shape index (κ2) is 8.45. The summed E-state index contributed by atoms with van der Waals surface area (Å²) in [5, 5.41) is 12.2. The molecular formula is C21H19ClN4O5S. The quantitative estimate of drug-likeness (QED) is 0.423. The number of nitro benzene ring substituents is 1. The molecule has 0 saturated carbocycles. The molecule has 1 aliphatic rings. The van der Waals surface area contributed by atoms with Crippen LogP contribution in [-0.2, 0) is 10.0 Å². The number of para-hydroxylation sites is 1. The van der Waals surface area contributed by atoms with Crippen molar-refractivity contribution in [2.45, 2.75) is 11.8 Å². The van der Waals surface area contributed by atoms with Gasteiger partial charge in [-0.1, -0.05) is 23.7 Å². The maximum absolute atomic E-state index is 13.3. The van der Waals surface area contributed by atoms with E-state index in [4.69, 9.17) is 11.6 Å². The van der Waals surface area contributed by atoms with Crippen LogP contribution in [0.4, 0.5) is 5.69 Å². The lowest BCUT2D eigenvalue weighted by Gasteiger charge is -2.34. The molecule has 166 valence electrons. The van der Waals surface area contributed by atoms with Crippen LogP contribution in [-0.4, -0.2) is 59.6 Å². The summed E-state index contributed by atoms with van der Waals surface area (Å²) < 4.78 is 27.9. The molecular weight excluding hydrogens is 456 g/mol. The minimum Gasteiger partial charge on any atom is -0.336 e. The molecule has 1 fully saturated rings. The number of hydrogen-bond acceptors (Lipinski definition) is 6. The van der Waals surface area contributed by atoms with Crippen LogP contribution < -0.4 is 0 Å². The van der Waals surface area contributed by atoms with Gasteiger partial charge in [-0.25, -0.2) is 8.42 Å². The minimum atomic E-state index is -3.84. The molecule has 2 heterocycles. The van der Waals surface area contributed by atoms with Crippen molar-refractivity contribution in [3.8, 4) is 0 Å². The van der Waals surface area contributed by atoms with Gasteiger partial charge in [0.15, 0.2) is 0 Å². The minimum absolute atomic E-state index is 0.0672. The highest BCUT2D eigenvalue weighted by atomic mass is 35.5. The molecule has 32 heavy (non-hydrogen) atoms. The van der Waals surface area contributed by atoms with Crippen molar-refractivity contribution < 1.29 is 18.1 Å². The highest BCUT2D eigenvalue weighted by Crippen LogP contribution is 2.27. The fourth-order valence-corrected chi connectivity index (χ4v) is 5.48. The van der Waals surface area contributed by atoms with Crippen molar-refractivity contribution >= 4 is 44.1 Å². The third kappa shape index (κ3) is 4.04. The second-order valence-electron chi connectivity index (χ2n) is 7.46. The number of fused-ring (bicyclic) bond motifs is 1. The molecule has 11 heteroatoms. The first-order chi connectivity index (χ1) is 15.2. The number of piperazine rings is 1. The van der Waals surface area contributed by atoms with Crippen molar-refractivity contribution in [3.63, 3.8) is 0 Å². The standard InChI is InChI=1S/C21H19ClN4O5S/c1-14-11-15-3-2-4-19(20(15)23-13-14)32(30,31)25-9-7-24(8-10-25)21(27)17-6-5-16(22)12-18(17)26(28)29/h2-6,11-13H,7-10H2,1H3. The SMILES string of the molecule is Cc1cnc2c(S(=O)(=O)N3CCN(C(=O)c4ccc(Cl)cc4[N+](=O)[O-])CC3)cccc2c1. The summed E-state index contributed by atoms with van der Waals surface area (Å²) in [6.07, 6.45) is 1.62. The molecule has 1 aliphatic heterocycles. The van der Waals surface area contributed by atoms with E-state index in [0.29, 0.717) is 5.52 Å². The van der Waals surface area contributed by atoms with Crippen molar-refractivity contribution in [2.75, 3.05) is 26.2 Å². The number of hydrogen-bond donors (Lipinski definition) is 0. The number of pyridine rings is 1. The number of aryl methyl sites for hydroxylation is 1. The Balaban J connectivity index is 1.56. The number of rotatable bonds is 4. The first kappa shape index (κ1) is 22.1. The van der Waals surface area contributed by atoms with Gasteiger partial charge in [-0.15, -0.1) is 0 Å². The monoisotopic (exact) mass is 474 g/mol. The summed E-state index contributed by atoms with van der Waals surface area (Å²) in [6.45, 7) is 2.23. The molecule has 0 radical (unpaired) electrons. The van der Waals surface area contributed by atoms with E-state index in [1.807, 2.05) is 19.1 Å². The van der Waals surface area contributed by atoms with E-state index >= 15 is 0 Å². The molecule has 0 atom stereocenters. The van der Waals surface area contributed by atoms with Gasteiger partial charge in [-0.05, 0) is 36.8 Å². The van der Waals surface area contributed by atoms with Crippen molar-refractivity contribution in [1.29, 1.82) is 0 Å². The van der Waals surface area contributed by atoms with Gasteiger partial charge in [-0.3, -0.25) is 19.9 Å². The van der Waals surface area contributed by atoms with Crippen LogP contribution in [0.15, 0.2) is 53.6 Å². The van der Waals surface area contributed by atoms with E-state index in [2.05, 4.69) is 4.98 Å². The van der Waals surface area contributed by atoms with Gasteiger partial charge in [0.1, 0.15) is 10.5 Å². The van der Waals surface area contributed by atoms with Gasteiger partial charge in [0, 0.05) is 48.9 Å². The molecule has 0 bridgehead atoms. The lowest BCUT2D eigenvalue weighted by atomic mass is 10.1. The number of benzene rings is 2. The van der Waals surface area contributed by atoms with Crippen molar-refractivity contribution in [3.05, 3.63) is 74.9 Å². The molecule has 1 aromatic heterocycles. The Morgan fingerprint density at radius 1 is 1.12 bits per heavy atom. The Kier molecular flexibility index (Phi) is 5.85. The van der Waals surface area contributed by atoms with Gasteiger partial charge in [0.05, 0.1) is 10.4 Å². The van der Waals surface area contributed by atoms with Crippen LogP contribution in [0.2, 0.25) is 5.02 Å². The predicted octanol–water partition coefficient (Wildman–Crippen LogP) is 3.25. The van der Waals surface area contributed by atoms with E-state index in [9.17, 15) is 23.3 Å². The van der Waals surface area contributed by atoms with Crippen LogP contribution in [0.3, 0.4) is 0 Å². The fraction of sp³-hybridized carbons (Fsp3) is 0.238. The third-order valence-electron chi connectivity index (χ3n) is 5.34. The molecule has 4 rings (SSSR count). The zero-order valence-corrected chi connectivity index (χ0v) is 18.6. The molecule has 9 nitrogen and oxygen atoms in total. The van der Waals surface area contributed by atoms with Gasteiger partial charge >= 0.3 is 0 Å². The second-order valence-corrected chi connectivity index (χ2v) is 9.80. The largest absolute Gasteiger partial charge is 0.336 e. The summed E-state index contributed by atoms with van der Waals surface area (Å²) in [5.41, 5.74) is 0.864. The van der Waals surface area contributed by atoms with Gasteiger partial charge < -0.3 is 4.90 Å². The predicted molar refractivity (Wildman–Crippen MR) is 119 cm³/mol. The zero-order chi connectivity index (χ0) is 23.0. The average Bonchev–Trinajstić information content (AvgIpc) is 2.78. The lowest BCUT2D eigenvalue weighted by Crippen LogP contribution is -2.50. The molecule has 1 amide bonds. The summed E-state index contributed by atoms with van der Waals surface area (Å²) >= 11 is 5.82. The van der Waals surface area contributed by atoms with E-state index in [1.165, 1.54) is 27.4 Å². The van der Waals surface area contributed by atoms with Crippen LogP contribution >= 0.6 is 11.6 Å². The topological polar surface area (TPSA) is 114 Å². The Labute approximate surface area is 189 Å².